The van der Waals surface area contributed by atoms with Crippen LogP contribution in [0.5, 0.6) is 5.75 Å². The number of hydrogen-bond acceptors (Lipinski definition) is 2. The summed E-state index contributed by atoms with van der Waals surface area (Å²) in [4.78, 5) is 0. The van der Waals surface area contributed by atoms with Gasteiger partial charge in [0, 0.05) is 17.4 Å². The van der Waals surface area contributed by atoms with Crippen molar-refractivity contribution in [3.05, 3.63) is 64.7 Å². The molecule has 0 aromatic heterocycles. The van der Waals surface area contributed by atoms with Gasteiger partial charge in [0.1, 0.15) is 11.9 Å². The Balaban J connectivity index is 1.64. The van der Waals surface area contributed by atoms with Gasteiger partial charge in [0.05, 0.1) is 13.2 Å². The normalized spacial score (nSPS) is 21.5. The van der Waals surface area contributed by atoms with E-state index in [1.165, 1.54) is 5.56 Å². The van der Waals surface area contributed by atoms with Crippen LogP contribution in [0.2, 0.25) is 5.02 Å². The molecule has 0 saturated carbocycles. The van der Waals surface area contributed by atoms with E-state index in [4.69, 9.17) is 21.1 Å². The van der Waals surface area contributed by atoms with Crippen molar-refractivity contribution in [1.82, 2.24) is 0 Å². The summed E-state index contributed by atoms with van der Waals surface area (Å²) in [5.74, 6) is 1.37. The standard InChI is InChI=1S/C19H21ClO2/c1-14-13-21-11-10-19(14)22-17-8-6-15(7-9-17)12-16-4-2-3-5-18(16)20/h2-9,14,19H,10-13H2,1H3. The lowest BCUT2D eigenvalue weighted by molar-refractivity contribution is -0.0164. The third-order valence-corrected chi connectivity index (χ3v) is 4.49. The average molecular weight is 317 g/mol. The van der Waals surface area contributed by atoms with Crippen molar-refractivity contribution in [2.75, 3.05) is 13.2 Å². The van der Waals surface area contributed by atoms with Crippen molar-refractivity contribution in [3.63, 3.8) is 0 Å². The van der Waals surface area contributed by atoms with Crippen molar-refractivity contribution in [3.8, 4) is 5.75 Å². The minimum absolute atomic E-state index is 0.253. The SMILES string of the molecule is CC1COCCC1Oc1ccc(Cc2ccccc2Cl)cc1. The highest BCUT2D eigenvalue weighted by Gasteiger charge is 2.23. The molecule has 2 unspecified atom stereocenters. The van der Waals surface area contributed by atoms with E-state index in [1.807, 2.05) is 30.3 Å². The molecule has 1 aliphatic heterocycles. The first-order valence-corrected chi connectivity index (χ1v) is 8.17. The summed E-state index contributed by atoms with van der Waals surface area (Å²) < 4.78 is 11.5. The molecule has 2 aromatic carbocycles. The lowest BCUT2D eigenvalue weighted by Crippen LogP contribution is -2.34. The van der Waals surface area contributed by atoms with Gasteiger partial charge in [-0.15, -0.1) is 0 Å². The Hall–Kier alpha value is -1.51. The van der Waals surface area contributed by atoms with Gasteiger partial charge < -0.3 is 9.47 Å². The van der Waals surface area contributed by atoms with Crippen LogP contribution >= 0.6 is 11.6 Å². The summed E-state index contributed by atoms with van der Waals surface area (Å²) in [5, 5.41) is 0.818. The molecule has 3 heteroatoms. The topological polar surface area (TPSA) is 18.5 Å². The maximum atomic E-state index is 6.21. The highest BCUT2D eigenvalue weighted by molar-refractivity contribution is 6.31. The van der Waals surface area contributed by atoms with Crippen LogP contribution in [0, 0.1) is 5.92 Å². The van der Waals surface area contributed by atoms with Crippen molar-refractivity contribution in [2.45, 2.75) is 25.9 Å². The van der Waals surface area contributed by atoms with E-state index in [0.29, 0.717) is 5.92 Å². The molecule has 0 aliphatic carbocycles. The van der Waals surface area contributed by atoms with Crippen LogP contribution in [-0.4, -0.2) is 19.3 Å². The number of rotatable bonds is 4. The summed E-state index contributed by atoms with van der Waals surface area (Å²) >= 11 is 6.21. The van der Waals surface area contributed by atoms with Gasteiger partial charge in [0.25, 0.3) is 0 Å². The molecule has 2 aromatic rings. The molecular weight excluding hydrogens is 296 g/mol. The zero-order valence-corrected chi connectivity index (χ0v) is 13.6. The van der Waals surface area contributed by atoms with Crippen molar-refractivity contribution in [2.24, 2.45) is 5.92 Å². The third kappa shape index (κ3) is 3.82. The molecule has 0 bridgehead atoms. The van der Waals surface area contributed by atoms with E-state index in [1.54, 1.807) is 0 Å². The Morgan fingerprint density at radius 3 is 2.64 bits per heavy atom. The fraction of sp³-hybridized carbons (Fsp3) is 0.368. The quantitative estimate of drug-likeness (QED) is 0.811. The Morgan fingerprint density at radius 1 is 1.14 bits per heavy atom. The molecule has 0 radical (unpaired) electrons. The first-order chi connectivity index (χ1) is 10.7. The Bertz CT molecular complexity index is 609. The fourth-order valence-corrected chi connectivity index (χ4v) is 2.96. The third-order valence-electron chi connectivity index (χ3n) is 4.13. The molecule has 116 valence electrons. The van der Waals surface area contributed by atoms with Gasteiger partial charge in [-0.2, -0.15) is 0 Å². The molecule has 2 atom stereocenters. The summed E-state index contributed by atoms with van der Waals surface area (Å²) in [7, 11) is 0. The molecule has 0 amide bonds. The monoisotopic (exact) mass is 316 g/mol. The van der Waals surface area contributed by atoms with E-state index < -0.39 is 0 Å². The predicted molar refractivity (Wildman–Crippen MR) is 89.7 cm³/mol. The number of benzene rings is 2. The van der Waals surface area contributed by atoms with E-state index in [-0.39, 0.29) is 6.10 Å². The molecule has 1 aliphatic rings. The molecule has 1 heterocycles. The maximum absolute atomic E-state index is 6.21. The first kappa shape index (κ1) is 15.4. The Kier molecular flexibility index (Phi) is 5.01. The highest BCUT2D eigenvalue weighted by atomic mass is 35.5. The number of hydrogen-bond donors (Lipinski definition) is 0. The van der Waals surface area contributed by atoms with E-state index in [9.17, 15) is 0 Å². The summed E-state index contributed by atoms with van der Waals surface area (Å²) in [6.45, 7) is 3.75. The molecular formula is C19H21ClO2. The van der Waals surface area contributed by atoms with Gasteiger partial charge in [-0.25, -0.2) is 0 Å². The first-order valence-electron chi connectivity index (χ1n) is 7.79. The van der Waals surface area contributed by atoms with Crippen molar-refractivity contribution < 1.29 is 9.47 Å². The van der Waals surface area contributed by atoms with Crippen LogP contribution in [0.4, 0.5) is 0 Å². The molecule has 22 heavy (non-hydrogen) atoms. The van der Waals surface area contributed by atoms with E-state index in [2.05, 4.69) is 25.1 Å². The van der Waals surface area contributed by atoms with Crippen molar-refractivity contribution >= 4 is 11.6 Å². The van der Waals surface area contributed by atoms with E-state index >= 15 is 0 Å². The van der Waals surface area contributed by atoms with Gasteiger partial charge in [-0.05, 0) is 35.7 Å². The lowest BCUT2D eigenvalue weighted by atomic mass is 10.0. The van der Waals surface area contributed by atoms with Crippen LogP contribution < -0.4 is 4.74 Å². The molecule has 1 fully saturated rings. The highest BCUT2D eigenvalue weighted by Crippen LogP contribution is 2.24. The zero-order chi connectivity index (χ0) is 15.4. The smallest absolute Gasteiger partial charge is 0.119 e. The van der Waals surface area contributed by atoms with Crippen LogP contribution in [0.25, 0.3) is 0 Å². The number of halogens is 1. The van der Waals surface area contributed by atoms with Gasteiger partial charge in [-0.1, -0.05) is 48.9 Å². The minimum Gasteiger partial charge on any atom is -0.490 e. The van der Waals surface area contributed by atoms with Gasteiger partial charge in [-0.3, -0.25) is 0 Å². The molecule has 2 nitrogen and oxygen atoms in total. The minimum atomic E-state index is 0.253. The van der Waals surface area contributed by atoms with Crippen molar-refractivity contribution in [1.29, 1.82) is 0 Å². The van der Waals surface area contributed by atoms with Gasteiger partial charge in [0.2, 0.25) is 0 Å². The van der Waals surface area contributed by atoms with Gasteiger partial charge in [0.15, 0.2) is 0 Å². The Morgan fingerprint density at radius 2 is 1.91 bits per heavy atom. The molecule has 1 saturated heterocycles. The molecule has 3 rings (SSSR count). The lowest BCUT2D eigenvalue weighted by Gasteiger charge is -2.29. The molecule has 0 N–H and O–H groups in total. The molecule has 0 spiro atoms. The van der Waals surface area contributed by atoms with Crippen LogP contribution in [-0.2, 0) is 11.2 Å². The average Bonchev–Trinajstić information content (AvgIpc) is 2.54. The van der Waals surface area contributed by atoms with Crippen LogP contribution in [0.3, 0.4) is 0 Å². The number of ether oxygens (including phenoxy) is 2. The summed E-state index contributed by atoms with van der Waals surface area (Å²) in [6.07, 6.45) is 2.05. The predicted octanol–water partition coefficient (Wildman–Crippen LogP) is 4.73. The largest absolute Gasteiger partial charge is 0.490 e. The second-order valence-corrected chi connectivity index (χ2v) is 6.32. The van der Waals surface area contributed by atoms with Crippen LogP contribution in [0.1, 0.15) is 24.5 Å². The van der Waals surface area contributed by atoms with E-state index in [0.717, 1.165) is 42.4 Å². The summed E-state index contributed by atoms with van der Waals surface area (Å²) in [6, 6.07) is 16.3. The second kappa shape index (κ2) is 7.17. The second-order valence-electron chi connectivity index (χ2n) is 5.91. The van der Waals surface area contributed by atoms with Crippen LogP contribution in [0.15, 0.2) is 48.5 Å². The zero-order valence-electron chi connectivity index (χ0n) is 12.8. The fourth-order valence-electron chi connectivity index (χ4n) is 2.76. The Labute approximate surface area is 137 Å². The maximum Gasteiger partial charge on any atom is 0.119 e. The summed E-state index contributed by atoms with van der Waals surface area (Å²) in [5.41, 5.74) is 2.39. The van der Waals surface area contributed by atoms with Gasteiger partial charge >= 0.3 is 0 Å².